The van der Waals surface area contributed by atoms with Crippen molar-refractivity contribution in [1.29, 1.82) is 0 Å². The van der Waals surface area contributed by atoms with E-state index in [2.05, 4.69) is 15.4 Å². The van der Waals surface area contributed by atoms with Crippen LogP contribution in [0.15, 0.2) is 36.5 Å². The third-order valence-corrected chi connectivity index (χ3v) is 6.77. The van der Waals surface area contributed by atoms with Gasteiger partial charge in [0, 0.05) is 12.4 Å². The van der Waals surface area contributed by atoms with Crippen molar-refractivity contribution in [3.8, 4) is 11.1 Å². The van der Waals surface area contributed by atoms with E-state index in [1.807, 2.05) is 29.5 Å². The van der Waals surface area contributed by atoms with E-state index in [0.29, 0.717) is 20.5 Å². The SMILES string of the molecule is Cc1ccc(-c2cc(C(F)(F)F)nc3sc(C(N)=O)c(NC(=O)c4c(I)cnn4C)c23)cc1. The molecule has 0 unspecified atom stereocenters. The van der Waals surface area contributed by atoms with Crippen LogP contribution >= 0.6 is 33.9 Å². The molecule has 3 N–H and O–H groups in total. The molecule has 0 aliphatic heterocycles. The predicted molar refractivity (Wildman–Crippen MR) is 127 cm³/mol. The highest BCUT2D eigenvalue weighted by atomic mass is 127. The van der Waals surface area contributed by atoms with E-state index in [1.165, 1.54) is 10.9 Å². The average Bonchev–Trinajstić information content (AvgIpc) is 3.27. The molecule has 4 aromatic rings. The number of benzene rings is 1. The van der Waals surface area contributed by atoms with Crippen LogP contribution in [-0.4, -0.2) is 26.6 Å². The first-order chi connectivity index (χ1) is 15.5. The second-order valence-electron chi connectivity index (χ2n) is 7.19. The van der Waals surface area contributed by atoms with Gasteiger partial charge in [-0.2, -0.15) is 18.3 Å². The molecule has 33 heavy (non-hydrogen) atoms. The standard InChI is InChI=1S/C21H15F3IN5O2S/c1-9-3-5-10(6-4-9)11-7-13(21(22,23)24)28-20-14(11)15(17(33-20)18(26)31)29-19(32)16-12(25)8-27-30(16)2/h3-8H,1-2H3,(H2,26,31)(H,29,32). The normalized spacial score (nSPS) is 11.7. The Kier molecular flexibility index (Phi) is 5.90. The van der Waals surface area contributed by atoms with Crippen molar-refractivity contribution in [3.63, 3.8) is 0 Å². The maximum Gasteiger partial charge on any atom is 0.433 e. The van der Waals surface area contributed by atoms with Crippen LogP contribution in [0.25, 0.3) is 21.3 Å². The van der Waals surface area contributed by atoms with Crippen LogP contribution in [-0.2, 0) is 13.2 Å². The number of aromatic nitrogens is 3. The fourth-order valence-corrected chi connectivity index (χ4v) is 5.06. The number of halogens is 4. The molecule has 2 amide bonds. The van der Waals surface area contributed by atoms with Crippen LogP contribution in [0.4, 0.5) is 18.9 Å². The molecule has 0 fully saturated rings. The minimum absolute atomic E-state index is 0.0151. The van der Waals surface area contributed by atoms with Gasteiger partial charge >= 0.3 is 6.18 Å². The van der Waals surface area contributed by atoms with E-state index >= 15 is 0 Å². The number of amides is 2. The number of pyridine rings is 1. The number of hydrogen-bond donors (Lipinski definition) is 2. The first kappa shape index (κ1) is 23.2. The minimum Gasteiger partial charge on any atom is -0.365 e. The number of hydrogen-bond acceptors (Lipinski definition) is 5. The van der Waals surface area contributed by atoms with Gasteiger partial charge in [0.25, 0.3) is 11.8 Å². The number of nitrogens with zero attached hydrogens (tertiary/aromatic N) is 3. The molecule has 0 saturated heterocycles. The number of carbonyl (C=O) groups excluding carboxylic acids is 2. The highest BCUT2D eigenvalue weighted by Gasteiger charge is 2.35. The lowest BCUT2D eigenvalue weighted by Crippen LogP contribution is -2.20. The Labute approximate surface area is 202 Å². The van der Waals surface area contributed by atoms with Crippen LogP contribution < -0.4 is 11.1 Å². The van der Waals surface area contributed by atoms with Crippen LogP contribution in [0.1, 0.15) is 31.4 Å². The van der Waals surface area contributed by atoms with Gasteiger partial charge < -0.3 is 11.1 Å². The third kappa shape index (κ3) is 4.31. The molecular formula is C21H15F3IN5O2S. The summed E-state index contributed by atoms with van der Waals surface area (Å²) in [6.45, 7) is 1.85. The molecule has 0 atom stereocenters. The van der Waals surface area contributed by atoms with Gasteiger partial charge in [-0.25, -0.2) is 4.98 Å². The van der Waals surface area contributed by atoms with Crippen LogP contribution in [0.3, 0.4) is 0 Å². The number of alkyl halides is 3. The molecule has 0 aliphatic rings. The molecule has 170 valence electrons. The Balaban J connectivity index is 2.01. The summed E-state index contributed by atoms with van der Waals surface area (Å²) < 4.78 is 42.7. The first-order valence-corrected chi connectivity index (χ1v) is 11.3. The maximum absolute atomic E-state index is 13.6. The molecule has 1 aromatic carbocycles. The number of nitrogens with two attached hydrogens (primary N) is 1. The van der Waals surface area contributed by atoms with Gasteiger partial charge in [0.1, 0.15) is 21.1 Å². The fraction of sp³-hybridized carbons (Fsp3) is 0.143. The number of thiophene rings is 1. The van der Waals surface area contributed by atoms with Crippen molar-refractivity contribution in [1.82, 2.24) is 14.8 Å². The van der Waals surface area contributed by atoms with Gasteiger partial charge in [0.15, 0.2) is 0 Å². The second-order valence-corrected chi connectivity index (χ2v) is 9.35. The van der Waals surface area contributed by atoms with E-state index in [1.54, 1.807) is 31.3 Å². The van der Waals surface area contributed by atoms with E-state index in [0.717, 1.165) is 11.6 Å². The number of rotatable bonds is 4. The molecule has 7 nitrogen and oxygen atoms in total. The molecule has 0 spiro atoms. The third-order valence-electron chi connectivity index (χ3n) is 4.89. The zero-order valence-corrected chi connectivity index (χ0v) is 20.1. The second kappa shape index (κ2) is 8.41. The lowest BCUT2D eigenvalue weighted by Gasteiger charge is -2.13. The van der Waals surface area contributed by atoms with Gasteiger partial charge in [0.2, 0.25) is 0 Å². The largest absolute Gasteiger partial charge is 0.433 e. The molecule has 0 bridgehead atoms. The van der Waals surface area contributed by atoms with Gasteiger partial charge in [-0.1, -0.05) is 29.8 Å². The van der Waals surface area contributed by atoms with Crippen molar-refractivity contribution in [2.24, 2.45) is 12.8 Å². The summed E-state index contributed by atoms with van der Waals surface area (Å²) in [5.41, 5.74) is 6.21. The number of carbonyl (C=O) groups is 2. The van der Waals surface area contributed by atoms with Crippen molar-refractivity contribution >= 4 is 61.6 Å². The molecular weight excluding hydrogens is 570 g/mol. The van der Waals surface area contributed by atoms with Gasteiger partial charge in [0.05, 0.1) is 15.5 Å². The molecule has 4 rings (SSSR count). The average molecular weight is 585 g/mol. The zero-order valence-electron chi connectivity index (χ0n) is 17.1. The minimum atomic E-state index is -4.71. The quantitative estimate of drug-likeness (QED) is 0.330. The Hall–Kier alpha value is -3.00. The van der Waals surface area contributed by atoms with Gasteiger partial charge in [-0.05, 0) is 46.7 Å². The summed E-state index contributed by atoms with van der Waals surface area (Å²) >= 11 is 2.64. The molecule has 0 radical (unpaired) electrons. The highest BCUT2D eigenvalue weighted by molar-refractivity contribution is 14.1. The molecule has 0 aliphatic carbocycles. The monoisotopic (exact) mass is 585 g/mol. The van der Waals surface area contributed by atoms with Crippen molar-refractivity contribution in [3.05, 3.63) is 61.9 Å². The predicted octanol–water partition coefficient (Wildman–Crippen LogP) is 4.98. The number of aryl methyl sites for hydroxylation is 2. The Morgan fingerprint density at radius 1 is 1.21 bits per heavy atom. The van der Waals surface area contributed by atoms with Crippen molar-refractivity contribution < 1.29 is 22.8 Å². The van der Waals surface area contributed by atoms with Crippen molar-refractivity contribution in [2.45, 2.75) is 13.1 Å². The highest BCUT2D eigenvalue weighted by Crippen LogP contribution is 2.43. The number of fused-ring (bicyclic) bond motifs is 1. The molecule has 3 aromatic heterocycles. The first-order valence-electron chi connectivity index (χ1n) is 9.37. The fourth-order valence-electron chi connectivity index (χ4n) is 3.34. The van der Waals surface area contributed by atoms with Gasteiger partial charge in [-0.15, -0.1) is 11.3 Å². The number of anilines is 1. The maximum atomic E-state index is 13.6. The summed E-state index contributed by atoms with van der Waals surface area (Å²) in [5, 5.41) is 6.89. The van der Waals surface area contributed by atoms with Crippen LogP contribution in [0, 0.1) is 10.5 Å². The van der Waals surface area contributed by atoms with Crippen molar-refractivity contribution in [2.75, 3.05) is 5.32 Å². The number of nitrogens with one attached hydrogen (secondary N) is 1. The topological polar surface area (TPSA) is 103 Å². The van der Waals surface area contributed by atoms with E-state index in [4.69, 9.17) is 5.73 Å². The van der Waals surface area contributed by atoms with E-state index in [9.17, 15) is 22.8 Å². The summed E-state index contributed by atoms with van der Waals surface area (Å²) in [7, 11) is 1.58. The van der Waals surface area contributed by atoms with E-state index in [-0.39, 0.29) is 32.0 Å². The lowest BCUT2D eigenvalue weighted by molar-refractivity contribution is -0.140. The van der Waals surface area contributed by atoms with E-state index < -0.39 is 23.7 Å². The smallest absolute Gasteiger partial charge is 0.365 e. The van der Waals surface area contributed by atoms with Crippen LogP contribution in [0.2, 0.25) is 0 Å². The number of primary amides is 1. The van der Waals surface area contributed by atoms with Gasteiger partial charge in [-0.3, -0.25) is 14.3 Å². The summed E-state index contributed by atoms with van der Waals surface area (Å²) in [4.78, 5) is 28.8. The summed E-state index contributed by atoms with van der Waals surface area (Å²) in [6.07, 6.45) is -3.22. The molecule has 12 heteroatoms. The molecule has 3 heterocycles. The summed E-state index contributed by atoms with van der Waals surface area (Å²) in [5.74, 6) is -1.48. The molecule has 0 saturated carbocycles. The Morgan fingerprint density at radius 2 is 1.88 bits per heavy atom. The lowest BCUT2D eigenvalue weighted by atomic mass is 10.00. The van der Waals surface area contributed by atoms with Crippen LogP contribution in [0.5, 0.6) is 0 Å². The Morgan fingerprint density at radius 3 is 2.42 bits per heavy atom. The zero-order chi connectivity index (χ0) is 24.1. The Bertz CT molecular complexity index is 1390. The summed E-state index contributed by atoms with van der Waals surface area (Å²) in [6, 6.07) is 7.76.